The summed E-state index contributed by atoms with van der Waals surface area (Å²) in [6, 6.07) is 3.06. The number of benzene rings is 1. The zero-order valence-corrected chi connectivity index (χ0v) is 16.7. The Morgan fingerprint density at radius 1 is 1.43 bits per heavy atom. The first-order chi connectivity index (χ1) is 13.4. The molecule has 9 nitrogen and oxygen atoms in total. The normalized spacial score (nSPS) is 10.7. The maximum Gasteiger partial charge on any atom is 0.341 e. The number of aromatic nitrogens is 1. The van der Waals surface area contributed by atoms with Gasteiger partial charge in [0.25, 0.3) is 0 Å². The van der Waals surface area contributed by atoms with Crippen LogP contribution in [-0.2, 0) is 20.7 Å². The molecule has 0 aliphatic heterocycles. The molecule has 28 heavy (non-hydrogen) atoms. The first-order valence-corrected chi connectivity index (χ1v) is 9.30. The van der Waals surface area contributed by atoms with Gasteiger partial charge in [-0.15, -0.1) is 11.3 Å². The highest BCUT2D eigenvalue weighted by Crippen LogP contribution is 2.34. The summed E-state index contributed by atoms with van der Waals surface area (Å²) in [5, 5.41) is 15.4. The maximum atomic E-state index is 11.5. The van der Waals surface area contributed by atoms with Crippen LogP contribution in [0.2, 0.25) is 5.02 Å². The zero-order valence-electron chi connectivity index (χ0n) is 15.1. The van der Waals surface area contributed by atoms with Crippen molar-refractivity contribution in [2.24, 2.45) is 5.10 Å². The van der Waals surface area contributed by atoms with Gasteiger partial charge < -0.3 is 19.3 Å². The van der Waals surface area contributed by atoms with E-state index in [-0.39, 0.29) is 23.9 Å². The largest absolute Gasteiger partial charge is 0.493 e. The van der Waals surface area contributed by atoms with Crippen LogP contribution < -0.4 is 14.9 Å². The number of carbonyl (C=O) groups is 2. The van der Waals surface area contributed by atoms with Crippen molar-refractivity contribution in [2.45, 2.75) is 13.3 Å². The number of hydrogen-bond donors (Lipinski definition) is 2. The van der Waals surface area contributed by atoms with Crippen LogP contribution in [0.15, 0.2) is 22.6 Å². The summed E-state index contributed by atoms with van der Waals surface area (Å²) in [4.78, 5) is 26.5. The summed E-state index contributed by atoms with van der Waals surface area (Å²) in [6.07, 6.45) is 1.48. The lowest BCUT2D eigenvalue weighted by Crippen LogP contribution is -2.11. The predicted molar refractivity (Wildman–Crippen MR) is 105 cm³/mol. The number of nitrogens with one attached hydrogen (secondary N) is 1. The molecule has 1 aromatic carbocycles. The highest BCUT2D eigenvalue weighted by molar-refractivity contribution is 7.13. The Morgan fingerprint density at radius 3 is 2.89 bits per heavy atom. The number of hydrazone groups is 1. The average Bonchev–Trinajstić information content (AvgIpc) is 3.07. The van der Waals surface area contributed by atoms with E-state index in [2.05, 4.69) is 15.5 Å². The smallest absolute Gasteiger partial charge is 0.341 e. The molecule has 150 valence electrons. The Balaban J connectivity index is 2.11. The van der Waals surface area contributed by atoms with Crippen LogP contribution in [0.3, 0.4) is 0 Å². The van der Waals surface area contributed by atoms with Crippen molar-refractivity contribution >= 4 is 46.2 Å². The number of halogens is 1. The van der Waals surface area contributed by atoms with E-state index < -0.39 is 12.6 Å². The van der Waals surface area contributed by atoms with Gasteiger partial charge in [0.1, 0.15) is 0 Å². The number of carboxylic acid groups (broad SMARTS) is 1. The predicted octanol–water partition coefficient (Wildman–Crippen LogP) is 2.82. The average molecular weight is 428 g/mol. The third-order valence-corrected chi connectivity index (χ3v) is 4.17. The van der Waals surface area contributed by atoms with Gasteiger partial charge in [0.15, 0.2) is 18.1 Å². The first-order valence-electron chi connectivity index (χ1n) is 8.04. The molecule has 0 radical (unpaired) electrons. The minimum Gasteiger partial charge on any atom is -0.493 e. The fraction of sp³-hybridized carbons (Fsp3) is 0.294. The number of hydrogen-bond acceptors (Lipinski definition) is 9. The molecule has 0 saturated heterocycles. The van der Waals surface area contributed by atoms with Crippen molar-refractivity contribution in [1.82, 2.24) is 4.98 Å². The number of esters is 1. The number of carboxylic acids is 1. The monoisotopic (exact) mass is 427 g/mol. The number of aliphatic carboxylic acids is 1. The van der Waals surface area contributed by atoms with Gasteiger partial charge in [-0.25, -0.2) is 9.78 Å². The summed E-state index contributed by atoms with van der Waals surface area (Å²) in [7, 11) is 1.42. The molecule has 0 spiro atoms. The Labute approximate surface area is 169 Å². The topological polar surface area (TPSA) is 119 Å². The summed E-state index contributed by atoms with van der Waals surface area (Å²) < 4.78 is 15.3. The summed E-state index contributed by atoms with van der Waals surface area (Å²) in [6.45, 7) is 1.50. The van der Waals surface area contributed by atoms with Gasteiger partial charge in [-0.1, -0.05) is 11.6 Å². The molecule has 0 atom stereocenters. The number of nitrogens with zero attached hydrogens (tertiary/aromatic N) is 2. The van der Waals surface area contributed by atoms with E-state index >= 15 is 0 Å². The second-order valence-corrected chi connectivity index (χ2v) is 6.50. The third kappa shape index (κ3) is 6.39. The fourth-order valence-corrected chi connectivity index (χ4v) is 2.96. The van der Waals surface area contributed by atoms with Gasteiger partial charge in [0.2, 0.25) is 5.13 Å². The Hall–Kier alpha value is -2.85. The summed E-state index contributed by atoms with van der Waals surface area (Å²) in [5.41, 5.74) is 3.72. The van der Waals surface area contributed by atoms with Crippen molar-refractivity contribution in [2.75, 3.05) is 25.7 Å². The molecule has 0 aliphatic carbocycles. The van der Waals surface area contributed by atoms with Crippen LogP contribution in [0, 0.1) is 0 Å². The second kappa shape index (κ2) is 10.5. The number of anilines is 1. The van der Waals surface area contributed by atoms with E-state index in [1.165, 1.54) is 30.7 Å². The third-order valence-electron chi connectivity index (χ3n) is 3.15. The first kappa shape index (κ1) is 21.5. The van der Waals surface area contributed by atoms with Crippen LogP contribution in [0.1, 0.15) is 18.2 Å². The molecule has 11 heteroatoms. The van der Waals surface area contributed by atoms with Crippen LogP contribution in [0.5, 0.6) is 11.5 Å². The number of ether oxygens (including phenoxy) is 3. The van der Waals surface area contributed by atoms with Gasteiger partial charge in [-0.3, -0.25) is 10.2 Å². The lowest BCUT2D eigenvalue weighted by atomic mass is 10.2. The quantitative estimate of drug-likeness (QED) is 0.337. The molecular weight excluding hydrogens is 410 g/mol. The molecular formula is C17H18ClN3O6S. The van der Waals surface area contributed by atoms with E-state index in [1.54, 1.807) is 18.4 Å². The molecule has 0 bridgehead atoms. The SMILES string of the molecule is CCOC(=O)Cc1csc(NN=Cc2cc(Cl)cc(OC)c2OCC(=O)O)n1. The molecule has 1 heterocycles. The number of methoxy groups -OCH3 is 1. The molecule has 0 unspecified atom stereocenters. The lowest BCUT2D eigenvalue weighted by molar-refractivity contribution is -0.142. The fourth-order valence-electron chi connectivity index (χ4n) is 2.08. The highest BCUT2D eigenvalue weighted by Gasteiger charge is 2.13. The van der Waals surface area contributed by atoms with Crippen LogP contribution in [-0.4, -0.2) is 48.6 Å². The van der Waals surface area contributed by atoms with Gasteiger partial charge in [-0.05, 0) is 13.0 Å². The molecule has 2 aromatic rings. The Kier molecular flexibility index (Phi) is 8.02. The van der Waals surface area contributed by atoms with Crippen molar-refractivity contribution in [3.05, 3.63) is 33.8 Å². The van der Waals surface area contributed by atoms with E-state index in [0.717, 1.165) is 0 Å². The van der Waals surface area contributed by atoms with Crippen LogP contribution in [0.4, 0.5) is 5.13 Å². The molecule has 0 aliphatic rings. The summed E-state index contributed by atoms with van der Waals surface area (Å²) in [5.74, 6) is -1.01. The van der Waals surface area contributed by atoms with Gasteiger partial charge in [0.05, 0.1) is 32.0 Å². The second-order valence-electron chi connectivity index (χ2n) is 5.20. The molecule has 2 N–H and O–H groups in total. The van der Waals surface area contributed by atoms with Gasteiger partial charge in [0, 0.05) is 22.0 Å². The van der Waals surface area contributed by atoms with E-state index in [9.17, 15) is 9.59 Å². The van der Waals surface area contributed by atoms with E-state index in [1.807, 2.05) is 0 Å². The highest BCUT2D eigenvalue weighted by atomic mass is 35.5. The standard InChI is InChI=1S/C17H18ClN3O6S/c1-3-26-15(24)6-12-9-28-17(20-12)21-19-7-10-4-11(18)5-13(25-2)16(10)27-8-14(22)23/h4-5,7,9H,3,6,8H2,1-2H3,(H,20,21)(H,22,23). The van der Waals surface area contributed by atoms with E-state index in [0.29, 0.717) is 28.0 Å². The summed E-state index contributed by atoms with van der Waals surface area (Å²) >= 11 is 7.32. The maximum absolute atomic E-state index is 11.5. The number of rotatable bonds is 10. The molecule has 2 rings (SSSR count). The van der Waals surface area contributed by atoms with Crippen LogP contribution in [0.25, 0.3) is 0 Å². The minimum absolute atomic E-state index is 0.0778. The Bertz CT molecular complexity index is 871. The van der Waals surface area contributed by atoms with E-state index in [4.69, 9.17) is 30.9 Å². The lowest BCUT2D eigenvalue weighted by Gasteiger charge is -2.12. The number of thiazole rings is 1. The Morgan fingerprint density at radius 2 is 2.21 bits per heavy atom. The van der Waals surface area contributed by atoms with Crippen LogP contribution >= 0.6 is 22.9 Å². The molecule has 1 aromatic heterocycles. The van der Waals surface area contributed by atoms with Crippen molar-refractivity contribution in [3.8, 4) is 11.5 Å². The van der Waals surface area contributed by atoms with Crippen molar-refractivity contribution in [3.63, 3.8) is 0 Å². The van der Waals surface area contributed by atoms with Gasteiger partial charge in [-0.2, -0.15) is 5.10 Å². The van der Waals surface area contributed by atoms with Gasteiger partial charge >= 0.3 is 11.9 Å². The zero-order chi connectivity index (χ0) is 20.5. The molecule has 0 amide bonds. The minimum atomic E-state index is -1.13. The number of carbonyl (C=O) groups excluding carboxylic acids is 1. The molecule has 0 fully saturated rings. The van der Waals surface area contributed by atoms with Crippen molar-refractivity contribution < 1.29 is 28.9 Å². The molecule has 0 saturated carbocycles. The van der Waals surface area contributed by atoms with Crippen molar-refractivity contribution in [1.29, 1.82) is 0 Å².